The Morgan fingerprint density at radius 3 is 0.923 bits per heavy atom. The average Bonchev–Trinajstić information content (AvgIpc) is 1.44. The standard InChI is InChI=1S/C10H27AsGe2/c1-11(2,3)10(12(4,5)6)13(7,8)9/h1-9H3. The van der Waals surface area contributed by atoms with Gasteiger partial charge in [0.25, 0.3) is 0 Å². The van der Waals surface area contributed by atoms with Gasteiger partial charge in [0.2, 0.25) is 0 Å². The van der Waals surface area contributed by atoms with Gasteiger partial charge < -0.3 is 0 Å². The molecule has 0 aliphatic rings. The Hall–Kier alpha value is 1.51. The van der Waals surface area contributed by atoms with Crippen molar-refractivity contribution in [3.8, 4) is 0 Å². The van der Waals surface area contributed by atoms with E-state index in [0.717, 1.165) is 0 Å². The Kier molecular flexibility index (Phi) is 4.66. The zero-order chi connectivity index (χ0) is 11.1. The van der Waals surface area contributed by atoms with Crippen molar-refractivity contribution in [2.45, 2.75) is 51.7 Å². The van der Waals surface area contributed by atoms with Crippen LogP contribution in [0.3, 0.4) is 0 Å². The molecule has 0 N–H and O–H groups in total. The van der Waals surface area contributed by atoms with Crippen molar-refractivity contribution in [2.75, 3.05) is 0 Å². The Balaban J connectivity index is 5.56. The molecular formula is C10H27AsGe2. The van der Waals surface area contributed by atoms with Crippen molar-refractivity contribution in [2.24, 2.45) is 0 Å². The van der Waals surface area contributed by atoms with Crippen LogP contribution < -0.4 is 0 Å². The van der Waals surface area contributed by atoms with E-state index >= 15 is 0 Å². The molecule has 0 aliphatic heterocycles. The Bertz CT molecular complexity index is 210. The third-order valence-corrected chi connectivity index (χ3v) is 56.5. The van der Waals surface area contributed by atoms with E-state index in [9.17, 15) is 0 Å². The fourth-order valence-electron chi connectivity index (χ4n) is 3.14. The molecule has 0 aliphatic carbocycles. The third kappa shape index (κ3) is 4.70. The zero-order valence-corrected chi connectivity index (χ0v) is 17.0. The van der Waals surface area contributed by atoms with E-state index in [1.165, 1.54) is 0 Å². The van der Waals surface area contributed by atoms with Gasteiger partial charge in [-0.1, -0.05) is 0 Å². The molecule has 0 amide bonds. The monoisotopic (exact) mass is 370 g/mol. The summed E-state index contributed by atoms with van der Waals surface area (Å²) in [5, 5.41) is 0. The Morgan fingerprint density at radius 1 is 0.692 bits per heavy atom. The van der Waals surface area contributed by atoms with Crippen LogP contribution in [0.5, 0.6) is 0 Å². The summed E-state index contributed by atoms with van der Waals surface area (Å²) in [4.78, 5) is 0. The third-order valence-electron chi connectivity index (χ3n) is 2.09. The molecule has 0 rings (SSSR count). The van der Waals surface area contributed by atoms with Crippen LogP contribution >= 0.6 is 0 Å². The molecule has 0 unspecified atom stereocenters. The van der Waals surface area contributed by atoms with Gasteiger partial charge in [0.15, 0.2) is 0 Å². The maximum absolute atomic E-state index is 2.60. The second-order valence-corrected chi connectivity index (χ2v) is 43.3. The van der Waals surface area contributed by atoms with Crippen LogP contribution in [-0.2, 0) is 0 Å². The summed E-state index contributed by atoms with van der Waals surface area (Å²) in [6, 6.07) is 0. The van der Waals surface area contributed by atoms with Crippen LogP contribution in [0, 0.1) is 0 Å². The van der Waals surface area contributed by atoms with E-state index in [0.29, 0.717) is 0 Å². The summed E-state index contributed by atoms with van der Waals surface area (Å²) in [5.74, 6) is 15.6. The first kappa shape index (κ1) is 14.5. The molecule has 13 heavy (non-hydrogen) atoms. The molecule has 0 atom stereocenters. The summed E-state index contributed by atoms with van der Waals surface area (Å²) >= 11 is -4.29. The first-order chi connectivity index (χ1) is 5.37. The molecule has 0 aromatic rings. The maximum atomic E-state index is 2.60. The molecule has 0 aromatic heterocycles. The molecular weight excluding hydrogens is 340 g/mol. The van der Waals surface area contributed by atoms with E-state index < -0.39 is 39.6 Å². The van der Waals surface area contributed by atoms with Crippen LogP contribution in [0.1, 0.15) is 0 Å². The van der Waals surface area contributed by atoms with Crippen LogP contribution in [0.15, 0.2) is 0 Å². The first-order valence-corrected chi connectivity index (χ1v) is 26.3. The fourth-order valence-corrected chi connectivity index (χ4v) is 84.7. The van der Waals surface area contributed by atoms with Gasteiger partial charge in [0.05, 0.1) is 0 Å². The molecule has 80 valence electrons. The van der Waals surface area contributed by atoms with E-state index in [2.05, 4.69) is 53.6 Å². The SMILES string of the molecule is [CH3][Ge]([CH3])([CH3])[C]([Ge]([CH3])([CH3])[CH3])=[As](C)(C)C. The second kappa shape index (κ2) is 4.18. The topological polar surface area (TPSA) is 0 Å². The predicted molar refractivity (Wildman–Crippen MR) is 75.0 cm³/mol. The molecule has 0 heterocycles. The molecule has 3 heteroatoms. The Morgan fingerprint density at radius 2 is 0.923 bits per heavy atom. The predicted octanol–water partition coefficient (Wildman–Crippen LogP) is 3.83. The number of rotatable bonds is 2. The van der Waals surface area contributed by atoms with Crippen LogP contribution in [-0.4, -0.2) is 41.6 Å². The van der Waals surface area contributed by atoms with E-state index in [-0.39, 0.29) is 0 Å². The van der Waals surface area contributed by atoms with Gasteiger partial charge >= 0.3 is 93.3 Å². The summed E-state index contributed by atoms with van der Waals surface area (Å²) in [7, 11) is 0. The van der Waals surface area contributed by atoms with Crippen LogP contribution in [0.2, 0.25) is 51.7 Å². The minimum atomic E-state index is -1.49. The fraction of sp³-hybridized carbons (Fsp3) is 0.900. The molecule has 0 radical (unpaired) electrons. The summed E-state index contributed by atoms with van der Waals surface area (Å²) < 4.78 is 2.19. The van der Waals surface area contributed by atoms with Crippen molar-refractivity contribution in [3.05, 3.63) is 0 Å². The number of hydrogen-bond donors (Lipinski definition) is 0. The molecule has 0 spiro atoms. The Labute approximate surface area is 92.6 Å². The zero-order valence-electron chi connectivity index (χ0n) is 10.9. The van der Waals surface area contributed by atoms with Crippen LogP contribution in [0.25, 0.3) is 0 Å². The van der Waals surface area contributed by atoms with Crippen molar-refractivity contribution >= 4 is 41.6 Å². The van der Waals surface area contributed by atoms with Crippen molar-refractivity contribution < 1.29 is 0 Å². The van der Waals surface area contributed by atoms with Gasteiger partial charge in [-0.15, -0.1) is 0 Å². The molecule has 0 nitrogen and oxygen atoms in total. The second-order valence-electron chi connectivity index (χ2n) is 6.86. The van der Waals surface area contributed by atoms with Gasteiger partial charge in [0, 0.05) is 0 Å². The quantitative estimate of drug-likeness (QED) is 0.651. The average molecular weight is 367 g/mol. The van der Waals surface area contributed by atoms with Gasteiger partial charge in [-0.2, -0.15) is 0 Å². The summed E-state index contributed by atoms with van der Waals surface area (Å²) in [5.41, 5.74) is 7.75. The summed E-state index contributed by atoms with van der Waals surface area (Å²) in [6.07, 6.45) is 0. The van der Waals surface area contributed by atoms with E-state index in [1.54, 1.807) is 0 Å². The van der Waals surface area contributed by atoms with Gasteiger partial charge in [-0.3, -0.25) is 0 Å². The molecule has 0 saturated heterocycles. The summed E-state index contributed by atoms with van der Waals surface area (Å²) in [6.45, 7) is 0. The molecule has 0 fully saturated rings. The molecule has 0 aromatic carbocycles. The first-order valence-electron chi connectivity index (χ1n) is 5.07. The van der Waals surface area contributed by atoms with Crippen molar-refractivity contribution in [3.63, 3.8) is 0 Å². The van der Waals surface area contributed by atoms with Crippen molar-refractivity contribution in [1.82, 2.24) is 0 Å². The minimum absolute atomic E-state index is 1.32. The van der Waals surface area contributed by atoms with Gasteiger partial charge in [-0.25, -0.2) is 0 Å². The molecule has 0 saturated carbocycles. The normalized spacial score (nSPS) is 14.5. The van der Waals surface area contributed by atoms with Gasteiger partial charge in [-0.05, 0) is 0 Å². The molecule has 0 bridgehead atoms. The van der Waals surface area contributed by atoms with E-state index in [4.69, 9.17) is 0 Å². The van der Waals surface area contributed by atoms with Crippen molar-refractivity contribution in [1.29, 1.82) is 0 Å². The van der Waals surface area contributed by atoms with Crippen LogP contribution in [0.4, 0.5) is 0 Å². The van der Waals surface area contributed by atoms with E-state index in [1.807, 2.05) is 0 Å². The number of hydrogen-bond acceptors (Lipinski definition) is 0. The van der Waals surface area contributed by atoms with Gasteiger partial charge in [0.1, 0.15) is 0 Å².